The summed E-state index contributed by atoms with van der Waals surface area (Å²) in [4.78, 5) is 25.9. The van der Waals surface area contributed by atoms with E-state index in [1.165, 1.54) is 27.4 Å². The lowest BCUT2D eigenvalue weighted by molar-refractivity contribution is -0.131. The van der Waals surface area contributed by atoms with Crippen LogP contribution in [-0.2, 0) is 15.0 Å². The molecule has 2 aliphatic rings. The molecule has 160 valence electrons. The minimum Gasteiger partial charge on any atom is -0.343 e. The van der Waals surface area contributed by atoms with E-state index < -0.39 is 21.9 Å². The third kappa shape index (κ3) is 5.31. The molecule has 2 aliphatic heterocycles. The Morgan fingerprint density at radius 2 is 1.48 bits per heavy atom. The summed E-state index contributed by atoms with van der Waals surface area (Å²) in [6.07, 6.45) is 3.85. The Kier molecular flexibility index (Phi) is 7.20. The smallest absolute Gasteiger partial charge is 0.282 e. The second-order valence-electron chi connectivity index (χ2n) is 7.26. The minimum absolute atomic E-state index is 0.117. The Morgan fingerprint density at radius 1 is 0.897 bits per heavy atom. The van der Waals surface area contributed by atoms with Gasteiger partial charge in [-0.1, -0.05) is 25.0 Å². The molecule has 0 atom stereocenters. The first-order valence-corrected chi connectivity index (χ1v) is 11.3. The molecule has 2 heterocycles. The van der Waals surface area contributed by atoms with E-state index in [0.717, 1.165) is 25.7 Å². The lowest BCUT2D eigenvalue weighted by atomic mass is 10.2. The van der Waals surface area contributed by atoms with Crippen molar-refractivity contribution in [3.63, 3.8) is 0 Å². The Bertz CT molecular complexity index is 832. The molecule has 1 aromatic rings. The average Bonchev–Trinajstić information content (AvgIpc) is 3.02. The fourth-order valence-electron chi connectivity index (χ4n) is 3.61. The first-order valence-electron chi connectivity index (χ1n) is 9.95. The topological polar surface area (TPSA) is 90.0 Å². The van der Waals surface area contributed by atoms with Crippen LogP contribution in [0.1, 0.15) is 36.0 Å². The largest absolute Gasteiger partial charge is 0.343 e. The molecule has 1 N–H and O–H groups in total. The molecular formula is C19H27FN4O4S. The fraction of sp³-hybridized carbons (Fsp3) is 0.579. The maximum absolute atomic E-state index is 13.6. The van der Waals surface area contributed by atoms with Crippen LogP contribution in [0.3, 0.4) is 0 Å². The molecule has 0 saturated carbocycles. The molecule has 0 aromatic heterocycles. The summed E-state index contributed by atoms with van der Waals surface area (Å²) in [6, 6.07) is 5.56. The van der Waals surface area contributed by atoms with Crippen molar-refractivity contribution in [1.82, 2.24) is 18.8 Å². The quantitative estimate of drug-likeness (QED) is 0.755. The molecule has 29 heavy (non-hydrogen) atoms. The van der Waals surface area contributed by atoms with Crippen molar-refractivity contribution in [2.75, 3.05) is 45.8 Å². The molecular weight excluding hydrogens is 399 g/mol. The van der Waals surface area contributed by atoms with E-state index in [0.29, 0.717) is 13.1 Å². The molecule has 3 rings (SSSR count). The van der Waals surface area contributed by atoms with Gasteiger partial charge in [-0.3, -0.25) is 9.59 Å². The summed E-state index contributed by atoms with van der Waals surface area (Å²) >= 11 is 0. The maximum atomic E-state index is 13.6. The lowest BCUT2D eigenvalue weighted by Crippen LogP contribution is -2.55. The Labute approximate surface area is 170 Å². The highest BCUT2D eigenvalue weighted by Crippen LogP contribution is 2.18. The van der Waals surface area contributed by atoms with Crippen molar-refractivity contribution < 1.29 is 22.4 Å². The summed E-state index contributed by atoms with van der Waals surface area (Å²) < 4.78 is 42.3. The lowest BCUT2D eigenvalue weighted by Gasteiger charge is -2.36. The van der Waals surface area contributed by atoms with Gasteiger partial charge < -0.3 is 10.2 Å². The van der Waals surface area contributed by atoms with Gasteiger partial charge in [-0.2, -0.15) is 17.0 Å². The van der Waals surface area contributed by atoms with Crippen LogP contribution in [0, 0.1) is 5.82 Å². The molecule has 2 amide bonds. The van der Waals surface area contributed by atoms with Crippen LogP contribution in [0.2, 0.25) is 0 Å². The Hall–Kier alpha value is -2.04. The van der Waals surface area contributed by atoms with Crippen molar-refractivity contribution in [3.8, 4) is 0 Å². The molecule has 8 nitrogen and oxygen atoms in total. The third-order valence-electron chi connectivity index (χ3n) is 5.33. The van der Waals surface area contributed by atoms with Gasteiger partial charge in [0.1, 0.15) is 5.82 Å². The van der Waals surface area contributed by atoms with Gasteiger partial charge in [0.25, 0.3) is 16.1 Å². The molecule has 2 saturated heterocycles. The van der Waals surface area contributed by atoms with Gasteiger partial charge in [0.2, 0.25) is 5.91 Å². The predicted octanol–water partition coefficient (Wildman–Crippen LogP) is 0.821. The van der Waals surface area contributed by atoms with Gasteiger partial charge in [-0.05, 0) is 25.0 Å². The van der Waals surface area contributed by atoms with Crippen molar-refractivity contribution in [3.05, 3.63) is 35.6 Å². The summed E-state index contributed by atoms with van der Waals surface area (Å²) in [7, 11) is -3.51. The standard InChI is InChI=1S/C19H27FN4O4S/c20-17-8-4-3-7-16(17)19(26)21-15-18(25)22-11-13-24(14-12-22)29(27,28)23-9-5-1-2-6-10-23/h3-4,7-8H,1-2,5-6,9-15H2,(H,21,26). The van der Waals surface area contributed by atoms with Gasteiger partial charge in [0.05, 0.1) is 12.1 Å². The van der Waals surface area contributed by atoms with Crippen molar-refractivity contribution in [2.45, 2.75) is 25.7 Å². The minimum atomic E-state index is -3.51. The van der Waals surface area contributed by atoms with E-state index in [2.05, 4.69) is 5.32 Å². The van der Waals surface area contributed by atoms with Crippen molar-refractivity contribution in [1.29, 1.82) is 0 Å². The van der Waals surface area contributed by atoms with Gasteiger partial charge in [0.15, 0.2) is 0 Å². The van der Waals surface area contributed by atoms with E-state index in [9.17, 15) is 22.4 Å². The number of piperazine rings is 1. The van der Waals surface area contributed by atoms with Gasteiger partial charge >= 0.3 is 0 Å². The number of carbonyl (C=O) groups excluding carboxylic acids is 2. The van der Waals surface area contributed by atoms with Crippen LogP contribution >= 0.6 is 0 Å². The van der Waals surface area contributed by atoms with Crippen LogP contribution in [0.4, 0.5) is 4.39 Å². The number of amides is 2. The summed E-state index contributed by atoms with van der Waals surface area (Å²) in [5.41, 5.74) is -0.117. The molecule has 0 radical (unpaired) electrons. The van der Waals surface area contributed by atoms with Gasteiger partial charge in [-0.25, -0.2) is 4.39 Å². The van der Waals surface area contributed by atoms with Crippen molar-refractivity contribution in [2.24, 2.45) is 0 Å². The Morgan fingerprint density at radius 3 is 2.10 bits per heavy atom. The van der Waals surface area contributed by atoms with Crippen molar-refractivity contribution >= 4 is 22.0 Å². The number of benzene rings is 1. The fourth-order valence-corrected chi connectivity index (χ4v) is 5.28. The van der Waals surface area contributed by atoms with Crippen LogP contribution in [0.25, 0.3) is 0 Å². The molecule has 10 heteroatoms. The molecule has 0 aliphatic carbocycles. The van der Waals surface area contributed by atoms with Gasteiger partial charge in [0, 0.05) is 39.3 Å². The highest BCUT2D eigenvalue weighted by molar-refractivity contribution is 7.86. The number of rotatable bonds is 5. The number of carbonyl (C=O) groups is 2. The number of nitrogens with one attached hydrogen (secondary N) is 1. The average molecular weight is 427 g/mol. The van der Waals surface area contributed by atoms with Crippen LogP contribution in [0.15, 0.2) is 24.3 Å². The molecule has 2 fully saturated rings. The molecule has 0 unspecified atom stereocenters. The zero-order valence-corrected chi connectivity index (χ0v) is 17.2. The first kappa shape index (κ1) is 21.7. The molecule has 0 bridgehead atoms. The van der Waals surface area contributed by atoms with E-state index >= 15 is 0 Å². The van der Waals surface area contributed by atoms with Crippen LogP contribution in [0.5, 0.6) is 0 Å². The van der Waals surface area contributed by atoms with Crippen LogP contribution < -0.4 is 5.32 Å². The zero-order chi connectivity index (χ0) is 20.9. The molecule has 1 aromatic carbocycles. The monoisotopic (exact) mass is 426 g/mol. The van der Waals surface area contributed by atoms with E-state index in [1.54, 1.807) is 10.4 Å². The van der Waals surface area contributed by atoms with Crippen LogP contribution in [-0.4, -0.2) is 79.6 Å². The number of hydrogen-bond acceptors (Lipinski definition) is 4. The zero-order valence-electron chi connectivity index (χ0n) is 16.3. The SMILES string of the molecule is O=C(NCC(=O)N1CCN(S(=O)(=O)N2CCCCCC2)CC1)c1ccccc1F. The third-order valence-corrected chi connectivity index (χ3v) is 7.36. The second kappa shape index (κ2) is 9.64. The number of hydrogen-bond donors (Lipinski definition) is 1. The van der Waals surface area contributed by atoms with E-state index in [4.69, 9.17) is 0 Å². The van der Waals surface area contributed by atoms with Gasteiger partial charge in [-0.15, -0.1) is 0 Å². The second-order valence-corrected chi connectivity index (χ2v) is 9.19. The predicted molar refractivity (Wildman–Crippen MR) is 106 cm³/mol. The Balaban J connectivity index is 1.49. The summed E-state index contributed by atoms with van der Waals surface area (Å²) in [6.45, 7) is 1.82. The maximum Gasteiger partial charge on any atom is 0.282 e. The summed E-state index contributed by atoms with van der Waals surface area (Å²) in [5.74, 6) is -1.62. The first-order chi connectivity index (χ1) is 13.9. The highest BCUT2D eigenvalue weighted by Gasteiger charge is 2.33. The number of nitrogens with zero attached hydrogens (tertiary/aromatic N) is 3. The highest BCUT2D eigenvalue weighted by atomic mass is 32.2. The van der Waals surface area contributed by atoms with E-state index in [1.807, 2.05) is 0 Å². The number of halogens is 1. The van der Waals surface area contributed by atoms with E-state index in [-0.39, 0.29) is 44.2 Å². The summed E-state index contributed by atoms with van der Waals surface area (Å²) in [5, 5.41) is 2.43. The molecule has 0 spiro atoms. The normalized spacial score (nSPS) is 19.6.